The molecule has 0 atom stereocenters. The van der Waals surface area contributed by atoms with Crippen LogP contribution in [0.2, 0.25) is 0 Å². The maximum atomic E-state index is 10.7. The van der Waals surface area contributed by atoms with Crippen LogP contribution in [0, 0.1) is 0 Å². The zero-order valence-corrected chi connectivity index (χ0v) is 10.7. The number of hydrogen-bond donors (Lipinski definition) is 2. The van der Waals surface area contributed by atoms with Gasteiger partial charge in [-0.3, -0.25) is 0 Å². The first-order chi connectivity index (χ1) is 8.45. The second kappa shape index (κ2) is 6.02. The molecule has 3 N–H and O–H groups in total. The van der Waals surface area contributed by atoms with E-state index in [0.29, 0.717) is 6.54 Å². The lowest BCUT2D eigenvalue weighted by molar-refractivity contribution is -0.132. The number of hydrogen-bond acceptors (Lipinski definition) is 3. The van der Waals surface area contributed by atoms with Crippen molar-refractivity contribution in [3.63, 3.8) is 0 Å². The fourth-order valence-corrected chi connectivity index (χ4v) is 1.51. The molecule has 0 unspecified atom stereocenters. The highest BCUT2D eigenvalue weighted by molar-refractivity contribution is 5.89. The van der Waals surface area contributed by atoms with Crippen molar-refractivity contribution in [2.24, 2.45) is 5.73 Å². The molecule has 1 aromatic carbocycles. The summed E-state index contributed by atoms with van der Waals surface area (Å²) in [5, 5.41) is 8.79. The highest BCUT2D eigenvalue weighted by Gasteiger charge is 2.06. The zero-order chi connectivity index (χ0) is 13.7. The summed E-state index contributed by atoms with van der Waals surface area (Å²) in [4.78, 5) is 12.6. The molecule has 0 aromatic heterocycles. The van der Waals surface area contributed by atoms with Gasteiger partial charge in [0.15, 0.2) is 0 Å². The molecule has 4 heteroatoms. The van der Waals surface area contributed by atoms with Crippen molar-refractivity contribution in [2.45, 2.75) is 13.5 Å². The van der Waals surface area contributed by atoms with E-state index in [4.69, 9.17) is 10.8 Å². The number of nitrogens with two attached hydrogens (primary N) is 1. The van der Waals surface area contributed by atoms with E-state index in [-0.39, 0.29) is 5.57 Å². The molecule has 0 aliphatic heterocycles. The van der Waals surface area contributed by atoms with E-state index in [0.717, 1.165) is 16.9 Å². The zero-order valence-electron chi connectivity index (χ0n) is 10.7. The highest BCUT2D eigenvalue weighted by Crippen LogP contribution is 2.19. The van der Waals surface area contributed by atoms with E-state index in [1.54, 1.807) is 0 Å². The average Bonchev–Trinajstić information content (AvgIpc) is 2.37. The van der Waals surface area contributed by atoms with Gasteiger partial charge in [-0.2, -0.15) is 0 Å². The number of anilines is 1. The molecular weight excluding hydrogens is 228 g/mol. The number of carbonyl (C=O) groups is 1. The van der Waals surface area contributed by atoms with E-state index in [2.05, 4.69) is 6.58 Å². The van der Waals surface area contributed by atoms with Crippen molar-refractivity contribution in [3.8, 4) is 0 Å². The SMILES string of the molecule is C=C(/C=C(/C)N(C)c1cccc(CN)c1)C(=O)O. The van der Waals surface area contributed by atoms with Crippen molar-refractivity contribution >= 4 is 11.7 Å². The van der Waals surface area contributed by atoms with Gasteiger partial charge >= 0.3 is 5.97 Å². The molecule has 0 aliphatic carbocycles. The molecule has 0 fully saturated rings. The van der Waals surface area contributed by atoms with Crippen LogP contribution in [0.4, 0.5) is 5.69 Å². The Morgan fingerprint density at radius 1 is 1.56 bits per heavy atom. The maximum Gasteiger partial charge on any atom is 0.335 e. The number of benzene rings is 1. The third-order valence-electron chi connectivity index (χ3n) is 2.72. The fraction of sp³-hybridized carbons (Fsp3) is 0.214. The second-order valence-electron chi connectivity index (χ2n) is 4.05. The van der Waals surface area contributed by atoms with Crippen LogP contribution in [0.3, 0.4) is 0 Å². The quantitative estimate of drug-likeness (QED) is 0.617. The van der Waals surface area contributed by atoms with Gasteiger partial charge in [-0.25, -0.2) is 4.79 Å². The predicted molar refractivity (Wildman–Crippen MR) is 73.3 cm³/mol. The number of carboxylic acids is 1. The Labute approximate surface area is 107 Å². The summed E-state index contributed by atoms with van der Waals surface area (Å²) >= 11 is 0. The standard InChI is InChI=1S/C14H18N2O2/c1-10(14(17)18)7-11(2)16(3)13-6-4-5-12(8-13)9-15/h4-8H,1,9,15H2,2-3H3,(H,17,18)/b11-7-. The van der Waals surface area contributed by atoms with Crippen molar-refractivity contribution < 1.29 is 9.90 Å². The number of nitrogens with zero attached hydrogens (tertiary/aromatic N) is 1. The largest absolute Gasteiger partial charge is 0.478 e. The summed E-state index contributed by atoms with van der Waals surface area (Å²) in [5.74, 6) is -1.02. The molecular formula is C14H18N2O2. The second-order valence-corrected chi connectivity index (χ2v) is 4.05. The third kappa shape index (κ3) is 3.46. The summed E-state index contributed by atoms with van der Waals surface area (Å²) in [5.41, 5.74) is 8.45. The van der Waals surface area contributed by atoms with E-state index in [9.17, 15) is 4.79 Å². The average molecular weight is 246 g/mol. The summed E-state index contributed by atoms with van der Waals surface area (Å²) in [6.45, 7) is 5.80. The molecule has 96 valence electrons. The smallest absolute Gasteiger partial charge is 0.335 e. The van der Waals surface area contributed by atoms with Crippen molar-refractivity contribution in [3.05, 3.63) is 53.8 Å². The molecule has 0 saturated carbocycles. The van der Waals surface area contributed by atoms with Crippen LogP contribution in [0.5, 0.6) is 0 Å². The molecule has 0 amide bonds. The van der Waals surface area contributed by atoms with Crippen LogP contribution in [0.1, 0.15) is 12.5 Å². The number of rotatable bonds is 5. The lowest BCUT2D eigenvalue weighted by Gasteiger charge is -2.20. The lowest BCUT2D eigenvalue weighted by atomic mass is 10.1. The van der Waals surface area contributed by atoms with Gasteiger partial charge in [-0.15, -0.1) is 0 Å². The Morgan fingerprint density at radius 2 is 2.22 bits per heavy atom. The normalized spacial score (nSPS) is 11.2. The van der Waals surface area contributed by atoms with Gasteiger partial charge in [0.25, 0.3) is 0 Å². The van der Waals surface area contributed by atoms with Crippen LogP contribution in [-0.2, 0) is 11.3 Å². The van der Waals surface area contributed by atoms with Gasteiger partial charge in [0.05, 0.1) is 5.57 Å². The summed E-state index contributed by atoms with van der Waals surface area (Å²) in [6, 6.07) is 7.79. The first kappa shape index (κ1) is 14.0. The lowest BCUT2D eigenvalue weighted by Crippen LogP contribution is -2.15. The minimum atomic E-state index is -1.02. The Morgan fingerprint density at radius 3 is 2.78 bits per heavy atom. The predicted octanol–water partition coefficient (Wildman–Crippen LogP) is 2.13. The van der Waals surface area contributed by atoms with Crippen molar-refractivity contribution in [2.75, 3.05) is 11.9 Å². The van der Waals surface area contributed by atoms with E-state index in [1.807, 2.05) is 43.1 Å². The van der Waals surface area contributed by atoms with Gasteiger partial charge < -0.3 is 15.7 Å². The van der Waals surface area contributed by atoms with E-state index < -0.39 is 5.97 Å². The molecule has 0 saturated heterocycles. The molecule has 4 nitrogen and oxygen atoms in total. The monoisotopic (exact) mass is 246 g/mol. The van der Waals surface area contributed by atoms with Gasteiger partial charge in [0.1, 0.15) is 0 Å². The minimum absolute atomic E-state index is 0.0642. The fourth-order valence-electron chi connectivity index (χ4n) is 1.51. The van der Waals surface area contributed by atoms with Gasteiger partial charge in [-0.1, -0.05) is 18.7 Å². The van der Waals surface area contributed by atoms with Crippen LogP contribution >= 0.6 is 0 Å². The molecule has 1 aromatic rings. The highest BCUT2D eigenvalue weighted by atomic mass is 16.4. The number of aliphatic carboxylic acids is 1. The Bertz CT molecular complexity index is 492. The van der Waals surface area contributed by atoms with Crippen molar-refractivity contribution in [1.82, 2.24) is 0 Å². The Balaban J connectivity index is 2.95. The van der Waals surface area contributed by atoms with E-state index in [1.165, 1.54) is 6.08 Å². The van der Waals surface area contributed by atoms with Gasteiger partial charge in [0.2, 0.25) is 0 Å². The van der Waals surface area contributed by atoms with Crippen LogP contribution in [0.15, 0.2) is 48.2 Å². The third-order valence-corrected chi connectivity index (χ3v) is 2.72. The van der Waals surface area contributed by atoms with E-state index >= 15 is 0 Å². The Hall–Kier alpha value is -2.07. The molecule has 0 spiro atoms. The Kier molecular flexibility index (Phi) is 4.68. The van der Waals surface area contributed by atoms with Crippen molar-refractivity contribution in [1.29, 1.82) is 0 Å². The number of carboxylic acid groups (broad SMARTS) is 1. The molecule has 1 rings (SSSR count). The first-order valence-corrected chi connectivity index (χ1v) is 5.59. The van der Waals surface area contributed by atoms with Crippen LogP contribution in [0.25, 0.3) is 0 Å². The summed E-state index contributed by atoms with van der Waals surface area (Å²) in [6.07, 6.45) is 1.54. The summed E-state index contributed by atoms with van der Waals surface area (Å²) < 4.78 is 0. The topological polar surface area (TPSA) is 66.6 Å². The minimum Gasteiger partial charge on any atom is -0.478 e. The first-order valence-electron chi connectivity index (χ1n) is 5.59. The summed E-state index contributed by atoms with van der Waals surface area (Å²) in [7, 11) is 1.87. The van der Waals surface area contributed by atoms with Gasteiger partial charge in [-0.05, 0) is 30.7 Å². The number of allylic oxidation sites excluding steroid dienone is 1. The molecule has 0 aliphatic rings. The molecule has 0 radical (unpaired) electrons. The maximum absolute atomic E-state index is 10.7. The molecule has 0 heterocycles. The molecule has 18 heavy (non-hydrogen) atoms. The van der Waals surface area contributed by atoms with Crippen LogP contribution in [-0.4, -0.2) is 18.1 Å². The van der Waals surface area contributed by atoms with Gasteiger partial charge in [0, 0.05) is 25.0 Å². The van der Waals surface area contributed by atoms with Crippen LogP contribution < -0.4 is 10.6 Å². The molecule has 0 bridgehead atoms.